The van der Waals surface area contributed by atoms with Gasteiger partial charge in [0.1, 0.15) is 0 Å². The molecule has 15 heavy (non-hydrogen) atoms. The number of carbonyl (C=O) groups excluding carboxylic acids is 1. The van der Waals surface area contributed by atoms with Crippen LogP contribution in [0.3, 0.4) is 0 Å². The van der Waals surface area contributed by atoms with Crippen LogP contribution < -0.4 is 11.1 Å². The lowest BCUT2D eigenvalue weighted by molar-refractivity contribution is -0.118. The maximum Gasteiger partial charge on any atom is 0.229 e. The molecule has 1 aromatic rings. The summed E-state index contributed by atoms with van der Waals surface area (Å²) in [7, 11) is 0. The van der Waals surface area contributed by atoms with Gasteiger partial charge in [-0.3, -0.25) is 4.79 Å². The Morgan fingerprint density at radius 1 is 1.40 bits per heavy atom. The van der Waals surface area contributed by atoms with Gasteiger partial charge in [-0.15, -0.1) is 0 Å². The van der Waals surface area contributed by atoms with Gasteiger partial charge >= 0.3 is 0 Å². The molecule has 0 fully saturated rings. The molecule has 0 radical (unpaired) electrons. The third-order valence-corrected chi connectivity index (χ3v) is 2.54. The van der Waals surface area contributed by atoms with Gasteiger partial charge in [0.2, 0.25) is 5.91 Å². The first-order chi connectivity index (χ1) is 7.22. The van der Waals surface area contributed by atoms with Crippen molar-refractivity contribution in [3.05, 3.63) is 29.8 Å². The fourth-order valence-electron chi connectivity index (χ4n) is 1.21. The first-order valence-electron chi connectivity index (χ1n) is 4.82. The van der Waals surface area contributed by atoms with Crippen molar-refractivity contribution < 1.29 is 4.79 Å². The summed E-state index contributed by atoms with van der Waals surface area (Å²) >= 11 is 1.53. The summed E-state index contributed by atoms with van der Waals surface area (Å²) in [6, 6.07) is 7.71. The molecule has 0 atom stereocenters. The van der Waals surface area contributed by atoms with Gasteiger partial charge in [-0.1, -0.05) is 12.1 Å². The lowest BCUT2D eigenvalue weighted by atomic mass is 10.1. The third-order valence-electron chi connectivity index (χ3n) is 1.99. The van der Waals surface area contributed by atoms with Gasteiger partial charge in [-0.25, -0.2) is 0 Å². The van der Waals surface area contributed by atoms with E-state index in [2.05, 4.69) is 5.32 Å². The van der Waals surface area contributed by atoms with Crippen molar-refractivity contribution >= 4 is 23.4 Å². The first-order valence-corrected chi connectivity index (χ1v) is 6.22. The Balaban J connectivity index is 2.26. The predicted octanol–water partition coefficient (Wildman–Crippen LogP) is 1.29. The predicted molar refractivity (Wildman–Crippen MR) is 66.0 cm³/mol. The highest BCUT2D eigenvalue weighted by molar-refractivity contribution is 7.99. The Kier molecular flexibility index (Phi) is 5.04. The Hall–Kier alpha value is -1.16. The van der Waals surface area contributed by atoms with Crippen LogP contribution in [-0.2, 0) is 11.2 Å². The second-order valence-corrected chi connectivity index (χ2v) is 4.14. The number of anilines is 1. The minimum absolute atomic E-state index is 0.0953. The van der Waals surface area contributed by atoms with E-state index in [4.69, 9.17) is 5.73 Å². The van der Waals surface area contributed by atoms with Gasteiger partial charge in [-0.05, 0) is 30.4 Å². The minimum atomic E-state index is 0.0953. The normalized spacial score (nSPS) is 9.93. The van der Waals surface area contributed by atoms with Crippen LogP contribution >= 0.6 is 11.8 Å². The fourth-order valence-corrected chi connectivity index (χ4v) is 1.58. The van der Waals surface area contributed by atoms with E-state index in [1.807, 2.05) is 30.5 Å². The molecule has 3 nitrogen and oxygen atoms in total. The third kappa shape index (κ3) is 4.74. The molecular formula is C11H16N2OS. The summed E-state index contributed by atoms with van der Waals surface area (Å²) in [5.74, 6) is 0.625. The molecule has 0 aromatic heterocycles. The van der Waals surface area contributed by atoms with Gasteiger partial charge in [-0.2, -0.15) is 11.8 Å². The lowest BCUT2D eigenvalue weighted by Gasteiger charge is -2.04. The van der Waals surface area contributed by atoms with E-state index < -0.39 is 0 Å². The molecule has 0 aliphatic carbocycles. The lowest BCUT2D eigenvalue weighted by Crippen LogP contribution is -2.27. The highest BCUT2D eigenvalue weighted by Crippen LogP contribution is 2.05. The van der Waals surface area contributed by atoms with E-state index in [0.717, 1.165) is 12.1 Å². The van der Waals surface area contributed by atoms with E-state index in [1.165, 1.54) is 17.3 Å². The van der Waals surface area contributed by atoms with Gasteiger partial charge in [0.05, 0.1) is 5.75 Å². The molecule has 0 heterocycles. The van der Waals surface area contributed by atoms with Crippen LogP contribution in [-0.4, -0.2) is 24.5 Å². The summed E-state index contributed by atoms with van der Waals surface area (Å²) in [5, 5.41) is 2.86. The number of hydrogen-bond acceptors (Lipinski definition) is 3. The Morgan fingerprint density at radius 3 is 2.67 bits per heavy atom. The fraction of sp³-hybridized carbons (Fsp3) is 0.364. The molecule has 1 amide bonds. The SMILES string of the molecule is CSCC(=O)NCCc1ccc(N)cc1. The molecule has 0 bridgehead atoms. The van der Waals surface area contributed by atoms with Crippen LogP contribution in [0.15, 0.2) is 24.3 Å². The van der Waals surface area contributed by atoms with Crippen molar-refractivity contribution in [3.63, 3.8) is 0 Å². The number of nitrogens with one attached hydrogen (secondary N) is 1. The second kappa shape index (κ2) is 6.35. The van der Waals surface area contributed by atoms with Crippen molar-refractivity contribution in [1.82, 2.24) is 5.32 Å². The molecule has 3 N–H and O–H groups in total. The second-order valence-electron chi connectivity index (χ2n) is 3.27. The van der Waals surface area contributed by atoms with Crippen LogP contribution in [0.25, 0.3) is 0 Å². The highest BCUT2D eigenvalue weighted by Gasteiger charge is 1.98. The molecule has 0 aliphatic rings. The number of nitrogen functional groups attached to an aromatic ring is 1. The summed E-state index contributed by atoms with van der Waals surface area (Å²) in [4.78, 5) is 11.1. The number of benzene rings is 1. The summed E-state index contributed by atoms with van der Waals surface area (Å²) < 4.78 is 0. The number of carbonyl (C=O) groups is 1. The van der Waals surface area contributed by atoms with Crippen LogP contribution in [0.4, 0.5) is 5.69 Å². The summed E-state index contributed by atoms with van der Waals surface area (Å²) in [6.07, 6.45) is 2.76. The molecule has 0 unspecified atom stereocenters. The van der Waals surface area contributed by atoms with Crippen LogP contribution in [0, 0.1) is 0 Å². The average Bonchev–Trinajstić information content (AvgIpc) is 2.21. The topological polar surface area (TPSA) is 55.1 Å². The summed E-state index contributed by atoms with van der Waals surface area (Å²) in [6.45, 7) is 0.684. The maximum absolute atomic E-state index is 11.1. The highest BCUT2D eigenvalue weighted by atomic mass is 32.2. The molecular weight excluding hydrogens is 208 g/mol. The van der Waals surface area contributed by atoms with Crippen molar-refractivity contribution in [2.24, 2.45) is 0 Å². The number of thioether (sulfide) groups is 1. The smallest absolute Gasteiger partial charge is 0.229 e. The largest absolute Gasteiger partial charge is 0.399 e. The molecule has 1 rings (SSSR count). The molecule has 82 valence electrons. The van der Waals surface area contributed by atoms with Gasteiger partial charge in [0.25, 0.3) is 0 Å². The molecule has 0 saturated heterocycles. The number of amides is 1. The van der Waals surface area contributed by atoms with Crippen LogP contribution in [0.5, 0.6) is 0 Å². The minimum Gasteiger partial charge on any atom is -0.399 e. The van der Waals surface area contributed by atoms with E-state index in [1.54, 1.807) is 0 Å². The first kappa shape index (κ1) is 11.9. The van der Waals surface area contributed by atoms with Crippen LogP contribution in [0.2, 0.25) is 0 Å². The molecule has 4 heteroatoms. The van der Waals surface area contributed by atoms with Gasteiger partial charge < -0.3 is 11.1 Å². The number of hydrogen-bond donors (Lipinski definition) is 2. The standard InChI is InChI=1S/C11H16N2OS/c1-15-8-11(14)13-7-6-9-2-4-10(12)5-3-9/h2-5H,6-8,12H2,1H3,(H,13,14). The van der Waals surface area contributed by atoms with E-state index >= 15 is 0 Å². The monoisotopic (exact) mass is 224 g/mol. The van der Waals surface area contributed by atoms with Gasteiger partial charge in [0.15, 0.2) is 0 Å². The van der Waals surface area contributed by atoms with Crippen molar-refractivity contribution in [1.29, 1.82) is 0 Å². The van der Waals surface area contributed by atoms with E-state index in [9.17, 15) is 4.79 Å². The quantitative estimate of drug-likeness (QED) is 0.741. The Labute approximate surface area is 94.4 Å². The van der Waals surface area contributed by atoms with Gasteiger partial charge in [0, 0.05) is 12.2 Å². The Bertz CT molecular complexity index is 311. The molecule has 1 aromatic carbocycles. The van der Waals surface area contributed by atoms with Crippen molar-refractivity contribution in [2.75, 3.05) is 24.3 Å². The zero-order valence-corrected chi connectivity index (χ0v) is 9.64. The number of rotatable bonds is 5. The van der Waals surface area contributed by atoms with Crippen molar-refractivity contribution in [3.8, 4) is 0 Å². The number of nitrogens with two attached hydrogens (primary N) is 1. The molecule has 0 saturated carbocycles. The van der Waals surface area contributed by atoms with Crippen LogP contribution in [0.1, 0.15) is 5.56 Å². The maximum atomic E-state index is 11.1. The molecule has 0 spiro atoms. The zero-order chi connectivity index (χ0) is 11.1. The van der Waals surface area contributed by atoms with Crippen molar-refractivity contribution in [2.45, 2.75) is 6.42 Å². The van der Waals surface area contributed by atoms with E-state index in [-0.39, 0.29) is 5.91 Å². The Morgan fingerprint density at radius 2 is 2.07 bits per heavy atom. The zero-order valence-electron chi connectivity index (χ0n) is 8.82. The van der Waals surface area contributed by atoms with E-state index in [0.29, 0.717) is 12.3 Å². The summed E-state index contributed by atoms with van der Waals surface area (Å²) in [5.41, 5.74) is 7.53. The molecule has 0 aliphatic heterocycles. The average molecular weight is 224 g/mol.